The van der Waals surface area contributed by atoms with Gasteiger partial charge in [0, 0.05) is 6.04 Å². The van der Waals surface area contributed by atoms with Crippen LogP contribution in [0.25, 0.3) is 0 Å². The van der Waals surface area contributed by atoms with Crippen molar-refractivity contribution in [2.24, 2.45) is 5.92 Å². The highest BCUT2D eigenvalue weighted by atomic mass is 19.4. The highest BCUT2D eigenvalue weighted by molar-refractivity contribution is 5.34. The summed E-state index contributed by atoms with van der Waals surface area (Å²) in [5, 5.41) is 3.14. The van der Waals surface area contributed by atoms with Gasteiger partial charge in [0.15, 0.2) is 0 Å². The van der Waals surface area contributed by atoms with Crippen LogP contribution in [0.2, 0.25) is 0 Å². The van der Waals surface area contributed by atoms with Gasteiger partial charge in [0.25, 0.3) is 0 Å². The molecule has 17 heavy (non-hydrogen) atoms. The number of rotatable bonds is 3. The molecule has 1 aromatic rings. The van der Waals surface area contributed by atoms with Crippen LogP contribution in [0, 0.1) is 12.8 Å². The fourth-order valence-corrected chi connectivity index (χ4v) is 2.05. The summed E-state index contributed by atoms with van der Waals surface area (Å²) in [7, 11) is 1.82. The molecule has 0 aliphatic heterocycles. The van der Waals surface area contributed by atoms with Gasteiger partial charge in [-0.25, -0.2) is 0 Å². The van der Waals surface area contributed by atoms with Gasteiger partial charge in [-0.15, -0.1) is 0 Å². The van der Waals surface area contributed by atoms with Gasteiger partial charge in [0.05, 0.1) is 5.56 Å². The Morgan fingerprint density at radius 3 is 2.12 bits per heavy atom. The molecule has 0 amide bonds. The van der Waals surface area contributed by atoms with E-state index in [0.29, 0.717) is 11.5 Å². The monoisotopic (exact) mass is 245 g/mol. The van der Waals surface area contributed by atoms with Gasteiger partial charge in [-0.1, -0.05) is 19.9 Å². The maximum atomic E-state index is 12.5. The van der Waals surface area contributed by atoms with Gasteiger partial charge in [-0.05, 0) is 43.1 Å². The maximum absolute atomic E-state index is 12.5. The Bertz CT molecular complexity index is 383. The molecule has 1 nitrogen and oxygen atoms in total. The minimum absolute atomic E-state index is 0.0808. The van der Waals surface area contributed by atoms with Crippen molar-refractivity contribution < 1.29 is 13.2 Å². The molecule has 0 aromatic heterocycles. The molecule has 0 bridgehead atoms. The summed E-state index contributed by atoms with van der Waals surface area (Å²) in [5.74, 6) is 0.329. The lowest BCUT2D eigenvalue weighted by molar-refractivity contribution is -0.137. The minimum atomic E-state index is -4.27. The van der Waals surface area contributed by atoms with Crippen LogP contribution in [0.3, 0.4) is 0 Å². The zero-order valence-electron chi connectivity index (χ0n) is 10.5. The molecule has 1 unspecified atom stereocenters. The van der Waals surface area contributed by atoms with Crippen molar-refractivity contribution in [1.82, 2.24) is 5.32 Å². The molecule has 0 heterocycles. The molecule has 0 aliphatic carbocycles. The van der Waals surface area contributed by atoms with Crippen LogP contribution >= 0.6 is 0 Å². The molecule has 1 N–H and O–H groups in total. The van der Waals surface area contributed by atoms with E-state index < -0.39 is 11.7 Å². The standard InChI is InChI=1S/C13H18F3N/c1-8(2)12(17-4)11-6-5-10(7-9(11)3)13(14,15)16/h5-8,12,17H,1-4H3. The van der Waals surface area contributed by atoms with Crippen LogP contribution in [0.5, 0.6) is 0 Å². The lowest BCUT2D eigenvalue weighted by Crippen LogP contribution is -2.22. The number of hydrogen-bond acceptors (Lipinski definition) is 1. The fraction of sp³-hybridized carbons (Fsp3) is 0.538. The Morgan fingerprint density at radius 1 is 1.18 bits per heavy atom. The smallest absolute Gasteiger partial charge is 0.313 e. The largest absolute Gasteiger partial charge is 0.416 e. The number of benzene rings is 1. The molecule has 1 rings (SSSR count). The Morgan fingerprint density at radius 2 is 1.76 bits per heavy atom. The minimum Gasteiger partial charge on any atom is -0.313 e. The van der Waals surface area contributed by atoms with E-state index in [0.717, 1.165) is 11.6 Å². The first-order valence-electron chi connectivity index (χ1n) is 5.62. The molecular formula is C13H18F3N. The second kappa shape index (κ2) is 5.08. The molecule has 1 atom stereocenters. The normalized spacial score (nSPS) is 14.1. The SMILES string of the molecule is CNC(c1ccc(C(F)(F)F)cc1C)C(C)C. The molecule has 1 aromatic carbocycles. The highest BCUT2D eigenvalue weighted by Crippen LogP contribution is 2.32. The fourth-order valence-electron chi connectivity index (χ4n) is 2.05. The Balaban J connectivity index is 3.13. The number of nitrogens with one attached hydrogen (secondary N) is 1. The third kappa shape index (κ3) is 3.22. The second-order valence-electron chi connectivity index (χ2n) is 4.58. The first kappa shape index (κ1) is 14.0. The Hall–Kier alpha value is -1.03. The second-order valence-corrected chi connectivity index (χ2v) is 4.58. The summed E-state index contributed by atoms with van der Waals surface area (Å²) < 4.78 is 37.6. The molecule has 4 heteroatoms. The molecule has 0 spiro atoms. The molecule has 0 fully saturated rings. The highest BCUT2D eigenvalue weighted by Gasteiger charge is 2.31. The zero-order chi connectivity index (χ0) is 13.2. The van der Waals surface area contributed by atoms with Gasteiger partial charge in [-0.2, -0.15) is 13.2 Å². The summed E-state index contributed by atoms with van der Waals surface area (Å²) >= 11 is 0. The molecule has 0 saturated carbocycles. The van der Waals surface area contributed by atoms with E-state index in [4.69, 9.17) is 0 Å². The first-order chi connectivity index (χ1) is 7.77. The van der Waals surface area contributed by atoms with E-state index in [1.54, 1.807) is 13.0 Å². The predicted molar refractivity (Wildman–Crippen MR) is 62.8 cm³/mol. The lowest BCUT2D eigenvalue weighted by atomic mass is 9.91. The number of halogens is 3. The third-order valence-electron chi connectivity index (χ3n) is 2.91. The zero-order valence-corrected chi connectivity index (χ0v) is 10.5. The van der Waals surface area contributed by atoms with Crippen molar-refractivity contribution in [2.45, 2.75) is 33.0 Å². The summed E-state index contributed by atoms with van der Waals surface area (Å²) in [6.07, 6.45) is -4.27. The van der Waals surface area contributed by atoms with Gasteiger partial charge in [0.2, 0.25) is 0 Å². The van der Waals surface area contributed by atoms with Crippen LogP contribution in [-0.4, -0.2) is 7.05 Å². The molecule has 96 valence electrons. The Labute approximate surface area is 100 Å². The van der Waals surface area contributed by atoms with Gasteiger partial charge in [-0.3, -0.25) is 0 Å². The summed E-state index contributed by atoms with van der Waals surface area (Å²) in [6, 6.07) is 4.01. The van der Waals surface area contributed by atoms with E-state index in [1.807, 2.05) is 20.9 Å². The number of aryl methyl sites for hydroxylation is 1. The quantitative estimate of drug-likeness (QED) is 0.850. The molecule has 0 saturated heterocycles. The lowest BCUT2D eigenvalue weighted by Gasteiger charge is -2.23. The van der Waals surface area contributed by atoms with Crippen molar-refractivity contribution in [1.29, 1.82) is 0 Å². The van der Waals surface area contributed by atoms with Gasteiger partial charge in [0.1, 0.15) is 0 Å². The van der Waals surface area contributed by atoms with Crippen molar-refractivity contribution in [2.75, 3.05) is 7.05 Å². The van der Waals surface area contributed by atoms with Crippen molar-refractivity contribution in [3.63, 3.8) is 0 Å². The summed E-state index contributed by atoms with van der Waals surface area (Å²) in [6.45, 7) is 5.80. The van der Waals surface area contributed by atoms with Crippen molar-refractivity contribution >= 4 is 0 Å². The van der Waals surface area contributed by atoms with E-state index >= 15 is 0 Å². The third-order valence-corrected chi connectivity index (χ3v) is 2.91. The maximum Gasteiger partial charge on any atom is 0.416 e. The van der Waals surface area contributed by atoms with Gasteiger partial charge < -0.3 is 5.32 Å². The van der Waals surface area contributed by atoms with Crippen molar-refractivity contribution in [3.8, 4) is 0 Å². The van der Waals surface area contributed by atoms with Gasteiger partial charge >= 0.3 is 6.18 Å². The van der Waals surface area contributed by atoms with E-state index in [9.17, 15) is 13.2 Å². The average Bonchev–Trinajstić information content (AvgIpc) is 2.19. The number of hydrogen-bond donors (Lipinski definition) is 1. The number of alkyl halides is 3. The van der Waals surface area contributed by atoms with Crippen LogP contribution in [0.4, 0.5) is 13.2 Å². The average molecular weight is 245 g/mol. The van der Waals surface area contributed by atoms with E-state index in [1.165, 1.54) is 6.07 Å². The molecule has 0 aliphatic rings. The van der Waals surface area contributed by atoms with E-state index in [-0.39, 0.29) is 6.04 Å². The predicted octanol–water partition coefficient (Wildman–Crippen LogP) is 3.93. The van der Waals surface area contributed by atoms with Crippen molar-refractivity contribution in [3.05, 3.63) is 34.9 Å². The summed E-state index contributed by atoms with van der Waals surface area (Å²) in [4.78, 5) is 0. The van der Waals surface area contributed by atoms with E-state index in [2.05, 4.69) is 5.32 Å². The van der Waals surface area contributed by atoms with Crippen LogP contribution in [-0.2, 0) is 6.18 Å². The summed E-state index contributed by atoms with van der Waals surface area (Å²) in [5.41, 5.74) is 1.01. The topological polar surface area (TPSA) is 12.0 Å². The van der Waals surface area contributed by atoms with Crippen LogP contribution in [0.15, 0.2) is 18.2 Å². The van der Waals surface area contributed by atoms with Crippen LogP contribution < -0.4 is 5.32 Å². The Kier molecular flexibility index (Phi) is 4.20. The molecule has 0 radical (unpaired) electrons. The van der Waals surface area contributed by atoms with Crippen LogP contribution in [0.1, 0.15) is 36.6 Å². The first-order valence-corrected chi connectivity index (χ1v) is 5.62. The molecular weight excluding hydrogens is 227 g/mol.